The van der Waals surface area contributed by atoms with E-state index in [-0.39, 0.29) is 22.5 Å². The number of hydrogen-bond acceptors (Lipinski definition) is 4. The van der Waals surface area contributed by atoms with Gasteiger partial charge in [0.15, 0.2) is 5.43 Å². The highest BCUT2D eigenvalue weighted by Crippen LogP contribution is 2.41. The van der Waals surface area contributed by atoms with Crippen LogP contribution in [0, 0.1) is 0 Å². The number of benzene rings is 3. The van der Waals surface area contributed by atoms with E-state index in [2.05, 4.69) is 15.9 Å². The Morgan fingerprint density at radius 2 is 1.69 bits per heavy atom. The first-order valence-electron chi connectivity index (χ1n) is 8.98. The topological polar surface area (TPSA) is 70.8 Å². The van der Waals surface area contributed by atoms with Gasteiger partial charge in [0.25, 0.3) is 5.91 Å². The summed E-state index contributed by atoms with van der Waals surface area (Å²) >= 11 is 3.40. The van der Waals surface area contributed by atoms with Crippen molar-refractivity contribution in [3.63, 3.8) is 0 Å². The van der Waals surface area contributed by atoms with Crippen LogP contribution in [0.3, 0.4) is 0 Å². The zero-order valence-corrected chi connectivity index (χ0v) is 16.6. The van der Waals surface area contributed by atoms with Crippen LogP contribution in [0.2, 0.25) is 0 Å². The first kappa shape index (κ1) is 17.7. The SMILES string of the molecule is O=C1c2oc3ccccc3c(=O)c2[C@H](c2cccc(O)c2)N1c1ccc(Br)cc1. The number of anilines is 1. The van der Waals surface area contributed by atoms with E-state index in [1.165, 1.54) is 4.90 Å². The molecule has 0 saturated carbocycles. The molecule has 2 heterocycles. The van der Waals surface area contributed by atoms with Crippen molar-refractivity contribution in [2.45, 2.75) is 6.04 Å². The van der Waals surface area contributed by atoms with E-state index < -0.39 is 11.9 Å². The molecule has 3 aromatic carbocycles. The molecular weight excluding hydrogens is 434 g/mol. The van der Waals surface area contributed by atoms with E-state index in [0.29, 0.717) is 22.2 Å². The summed E-state index contributed by atoms with van der Waals surface area (Å²) < 4.78 is 6.77. The molecule has 1 amide bonds. The molecule has 0 bridgehead atoms. The molecule has 0 saturated heterocycles. The first-order chi connectivity index (χ1) is 14.0. The standard InChI is InChI=1S/C23H14BrNO4/c24-14-8-10-15(11-9-14)25-20(13-4-3-5-16(26)12-13)19-21(27)17-6-1-2-7-18(17)29-22(19)23(25)28/h1-12,20,26H/t20-/m0/s1. The van der Waals surface area contributed by atoms with Crippen molar-refractivity contribution in [1.82, 2.24) is 0 Å². The maximum atomic E-state index is 13.4. The zero-order valence-electron chi connectivity index (χ0n) is 15.0. The molecular formula is C23H14BrNO4. The number of aromatic hydroxyl groups is 1. The molecule has 5 nitrogen and oxygen atoms in total. The van der Waals surface area contributed by atoms with Crippen molar-refractivity contribution in [2.24, 2.45) is 0 Å². The van der Waals surface area contributed by atoms with Crippen molar-refractivity contribution < 1.29 is 14.3 Å². The third-order valence-corrected chi connectivity index (χ3v) is 5.60. The van der Waals surface area contributed by atoms with Crippen molar-refractivity contribution in [3.05, 3.63) is 104 Å². The van der Waals surface area contributed by atoms with Crippen LogP contribution in [-0.2, 0) is 0 Å². The number of hydrogen-bond donors (Lipinski definition) is 1. The lowest BCUT2D eigenvalue weighted by atomic mass is 9.98. The van der Waals surface area contributed by atoms with Gasteiger partial charge >= 0.3 is 0 Å². The second-order valence-corrected chi connectivity index (χ2v) is 7.73. The summed E-state index contributed by atoms with van der Waals surface area (Å²) in [4.78, 5) is 28.3. The van der Waals surface area contributed by atoms with Crippen LogP contribution < -0.4 is 10.3 Å². The molecule has 0 fully saturated rings. The Hall–Kier alpha value is -3.38. The fourth-order valence-electron chi connectivity index (χ4n) is 3.80. The minimum atomic E-state index is -0.702. The maximum Gasteiger partial charge on any atom is 0.295 e. The van der Waals surface area contributed by atoms with Gasteiger partial charge in [-0.05, 0) is 54.1 Å². The summed E-state index contributed by atoms with van der Waals surface area (Å²) in [7, 11) is 0. The Balaban J connectivity index is 1.82. The normalized spacial score (nSPS) is 15.7. The van der Waals surface area contributed by atoms with Crippen molar-refractivity contribution in [2.75, 3.05) is 4.90 Å². The first-order valence-corrected chi connectivity index (χ1v) is 9.77. The Morgan fingerprint density at radius 3 is 2.45 bits per heavy atom. The van der Waals surface area contributed by atoms with Crippen LogP contribution in [0.1, 0.15) is 27.7 Å². The molecule has 1 aliphatic heterocycles. The largest absolute Gasteiger partial charge is 0.508 e. The Bertz CT molecular complexity index is 1330. The van der Waals surface area contributed by atoms with E-state index in [9.17, 15) is 14.7 Å². The maximum absolute atomic E-state index is 13.4. The quantitative estimate of drug-likeness (QED) is 0.468. The number of para-hydroxylation sites is 1. The van der Waals surface area contributed by atoms with Gasteiger partial charge < -0.3 is 9.52 Å². The fraction of sp³-hybridized carbons (Fsp3) is 0.0435. The van der Waals surface area contributed by atoms with E-state index in [1.54, 1.807) is 60.7 Å². The van der Waals surface area contributed by atoms with Crippen LogP contribution in [-0.4, -0.2) is 11.0 Å². The molecule has 1 atom stereocenters. The summed E-state index contributed by atoms with van der Waals surface area (Å²) in [6, 6.07) is 20.0. The van der Waals surface area contributed by atoms with Crippen LogP contribution >= 0.6 is 15.9 Å². The highest BCUT2D eigenvalue weighted by molar-refractivity contribution is 9.10. The molecule has 0 unspecified atom stereocenters. The van der Waals surface area contributed by atoms with Gasteiger partial charge in [0.05, 0.1) is 17.0 Å². The van der Waals surface area contributed by atoms with Gasteiger partial charge in [-0.1, -0.05) is 40.2 Å². The second kappa shape index (κ2) is 6.60. The molecule has 6 heteroatoms. The Labute approximate surface area is 174 Å². The number of carbonyl (C=O) groups is 1. The molecule has 0 radical (unpaired) electrons. The van der Waals surface area contributed by atoms with Gasteiger partial charge in [-0.15, -0.1) is 0 Å². The number of halogens is 1. The predicted molar refractivity (Wildman–Crippen MR) is 113 cm³/mol. The zero-order chi connectivity index (χ0) is 20.1. The number of phenolic OH excluding ortho intramolecular Hbond substituents is 1. The molecule has 1 N–H and O–H groups in total. The number of fused-ring (bicyclic) bond motifs is 2. The number of amides is 1. The molecule has 0 aliphatic carbocycles. The lowest BCUT2D eigenvalue weighted by molar-refractivity contribution is 0.0971. The van der Waals surface area contributed by atoms with E-state index >= 15 is 0 Å². The molecule has 29 heavy (non-hydrogen) atoms. The molecule has 5 rings (SSSR count). The second-order valence-electron chi connectivity index (χ2n) is 6.82. The molecule has 1 aliphatic rings. The summed E-state index contributed by atoms with van der Waals surface area (Å²) in [6.45, 7) is 0. The van der Waals surface area contributed by atoms with Gasteiger partial charge in [-0.3, -0.25) is 14.5 Å². The van der Waals surface area contributed by atoms with Crippen LogP contribution in [0.25, 0.3) is 11.0 Å². The molecule has 1 aromatic heterocycles. The van der Waals surface area contributed by atoms with Crippen LogP contribution in [0.15, 0.2) is 86.5 Å². The van der Waals surface area contributed by atoms with E-state index in [1.807, 2.05) is 12.1 Å². The smallest absolute Gasteiger partial charge is 0.295 e. The molecule has 4 aromatic rings. The minimum Gasteiger partial charge on any atom is -0.508 e. The van der Waals surface area contributed by atoms with E-state index in [0.717, 1.165) is 4.47 Å². The molecule has 142 valence electrons. The third-order valence-electron chi connectivity index (χ3n) is 5.07. The van der Waals surface area contributed by atoms with Crippen molar-refractivity contribution in [1.29, 1.82) is 0 Å². The fourth-order valence-corrected chi connectivity index (χ4v) is 4.06. The predicted octanol–water partition coefficient (Wildman–Crippen LogP) is 5.01. The Kier molecular flexibility index (Phi) is 4.03. The van der Waals surface area contributed by atoms with E-state index in [4.69, 9.17) is 4.42 Å². The Morgan fingerprint density at radius 1 is 0.931 bits per heavy atom. The number of rotatable bonds is 2. The average molecular weight is 448 g/mol. The summed E-state index contributed by atoms with van der Waals surface area (Å²) in [5.74, 6) is -0.298. The lowest BCUT2D eigenvalue weighted by Gasteiger charge is -2.25. The van der Waals surface area contributed by atoms with Crippen molar-refractivity contribution in [3.8, 4) is 5.75 Å². The lowest BCUT2D eigenvalue weighted by Crippen LogP contribution is -2.29. The molecule has 0 spiro atoms. The summed E-state index contributed by atoms with van der Waals surface area (Å²) in [5, 5.41) is 10.4. The third kappa shape index (κ3) is 2.76. The van der Waals surface area contributed by atoms with Gasteiger partial charge in [-0.2, -0.15) is 0 Å². The van der Waals surface area contributed by atoms with Gasteiger partial charge in [-0.25, -0.2) is 0 Å². The van der Waals surface area contributed by atoms with Gasteiger partial charge in [0.1, 0.15) is 11.3 Å². The number of phenols is 1. The van der Waals surface area contributed by atoms with Gasteiger partial charge in [0, 0.05) is 10.2 Å². The highest BCUT2D eigenvalue weighted by atomic mass is 79.9. The minimum absolute atomic E-state index is 0.0324. The summed E-state index contributed by atoms with van der Waals surface area (Å²) in [5.41, 5.74) is 1.66. The monoisotopic (exact) mass is 447 g/mol. The highest BCUT2D eigenvalue weighted by Gasteiger charge is 2.43. The average Bonchev–Trinajstić information content (AvgIpc) is 3.02. The van der Waals surface area contributed by atoms with Crippen LogP contribution in [0.5, 0.6) is 5.75 Å². The van der Waals surface area contributed by atoms with Gasteiger partial charge in [0.2, 0.25) is 5.76 Å². The number of nitrogens with zero attached hydrogens (tertiary/aromatic N) is 1. The van der Waals surface area contributed by atoms with Crippen molar-refractivity contribution >= 4 is 38.5 Å². The van der Waals surface area contributed by atoms with Crippen LogP contribution in [0.4, 0.5) is 5.69 Å². The number of carbonyl (C=O) groups excluding carboxylic acids is 1. The summed E-state index contributed by atoms with van der Waals surface area (Å²) in [6.07, 6.45) is 0.